The minimum absolute atomic E-state index is 0. The number of hydrogen-bond acceptors (Lipinski definition) is 5. The van der Waals surface area contributed by atoms with Gasteiger partial charge in [-0.15, -0.1) is 0 Å². The Morgan fingerprint density at radius 2 is 1.50 bits per heavy atom. The van der Waals surface area contributed by atoms with Crippen LogP contribution in [0.5, 0.6) is 0 Å². The van der Waals surface area contributed by atoms with Crippen LogP contribution in [0.4, 0.5) is 0 Å². The van der Waals surface area contributed by atoms with E-state index in [9.17, 15) is 4.79 Å². The molecule has 2 heterocycles. The molecule has 2 bridgehead atoms. The van der Waals surface area contributed by atoms with Crippen molar-refractivity contribution in [2.75, 3.05) is 0 Å². The molecule has 3 aliphatic carbocycles. The molecule has 2 aliphatic heterocycles. The molecule has 2 saturated heterocycles. The third-order valence-electron chi connectivity index (χ3n) is 6.59. The number of rotatable bonds is 3. The highest BCUT2D eigenvalue weighted by molar-refractivity contribution is 6.51. The van der Waals surface area contributed by atoms with Gasteiger partial charge in [-0.25, -0.2) is 4.79 Å². The molecule has 0 aromatic heterocycles. The van der Waals surface area contributed by atoms with Crippen LogP contribution in [0.2, 0.25) is 5.31 Å². The van der Waals surface area contributed by atoms with Crippen molar-refractivity contribution >= 4 is 13.1 Å². The standard InChI is InChI=1S/C17H27BO5.CH4/c1-13(2)14(3,4)23-18(22-13)17-8-16(9-17,10-17)7-11-12(19)21-15(5,6)20-11;/h11H,7-10H2,1-6H3;1H4/t11-,16?,17?;/m0./s1. The summed E-state index contributed by atoms with van der Waals surface area (Å²) >= 11 is 0. The molecule has 0 unspecified atom stereocenters. The molecule has 24 heavy (non-hydrogen) atoms. The van der Waals surface area contributed by atoms with Crippen molar-refractivity contribution in [3.8, 4) is 0 Å². The van der Waals surface area contributed by atoms with Gasteiger partial charge in [0.2, 0.25) is 5.79 Å². The van der Waals surface area contributed by atoms with Gasteiger partial charge in [0.1, 0.15) is 0 Å². The number of esters is 1. The quantitative estimate of drug-likeness (QED) is 0.580. The van der Waals surface area contributed by atoms with E-state index < -0.39 is 11.9 Å². The van der Waals surface area contributed by atoms with Crippen LogP contribution in [0.15, 0.2) is 0 Å². The Hall–Kier alpha value is -0.585. The summed E-state index contributed by atoms with van der Waals surface area (Å²) in [5.41, 5.74) is -0.334. The normalized spacial score (nSPS) is 43.5. The zero-order valence-corrected chi connectivity index (χ0v) is 15.0. The van der Waals surface area contributed by atoms with Gasteiger partial charge in [0.05, 0.1) is 11.2 Å². The van der Waals surface area contributed by atoms with Crippen LogP contribution >= 0.6 is 0 Å². The molecule has 5 rings (SSSR count). The van der Waals surface area contributed by atoms with Crippen LogP contribution in [-0.2, 0) is 23.6 Å². The second-order valence-corrected chi connectivity index (χ2v) is 9.61. The van der Waals surface area contributed by atoms with Crippen LogP contribution in [0.1, 0.15) is 74.7 Å². The molecule has 0 aromatic carbocycles. The Morgan fingerprint density at radius 3 is 1.92 bits per heavy atom. The average molecular weight is 338 g/mol. The molecule has 1 atom stereocenters. The van der Waals surface area contributed by atoms with Crippen LogP contribution in [-0.4, -0.2) is 36.2 Å². The Bertz CT molecular complexity index is 532. The van der Waals surface area contributed by atoms with Crippen molar-refractivity contribution in [1.82, 2.24) is 0 Å². The van der Waals surface area contributed by atoms with E-state index in [-0.39, 0.29) is 42.4 Å². The highest BCUT2D eigenvalue weighted by Crippen LogP contribution is 2.82. The predicted molar refractivity (Wildman–Crippen MR) is 91.5 cm³/mol. The number of ether oxygens (including phenoxy) is 2. The fraction of sp³-hybridized carbons (Fsp3) is 0.944. The predicted octanol–water partition coefficient (Wildman–Crippen LogP) is 3.71. The fourth-order valence-corrected chi connectivity index (χ4v) is 4.89. The minimum Gasteiger partial charge on any atom is -0.432 e. The average Bonchev–Trinajstić information content (AvgIpc) is 2.63. The van der Waals surface area contributed by atoms with E-state index in [0.717, 1.165) is 25.7 Å². The molecule has 0 N–H and O–H groups in total. The summed E-state index contributed by atoms with van der Waals surface area (Å²) in [6.45, 7) is 12.0. The van der Waals surface area contributed by atoms with Gasteiger partial charge in [-0.3, -0.25) is 0 Å². The van der Waals surface area contributed by atoms with Crippen LogP contribution < -0.4 is 0 Å². The van der Waals surface area contributed by atoms with E-state index in [2.05, 4.69) is 27.7 Å². The van der Waals surface area contributed by atoms with Gasteiger partial charge in [-0.2, -0.15) is 0 Å². The molecular weight excluding hydrogens is 307 g/mol. The number of carbonyl (C=O) groups excluding carboxylic acids is 1. The fourth-order valence-electron chi connectivity index (χ4n) is 4.89. The van der Waals surface area contributed by atoms with Gasteiger partial charge in [0, 0.05) is 19.2 Å². The van der Waals surface area contributed by atoms with E-state index in [0.29, 0.717) is 0 Å². The smallest absolute Gasteiger partial charge is 0.432 e. The summed E-state index contributed by atoms with van der Waals surface area (Å²) in [5.74, 6) is -1.00. The van der Waals surface area contributed by atoms with Crippen molar-refractivity contribution in [2.45, 2.75) is 103 Å². The molecule has 136 valence electrons. The maximum absolute atomic E-state index is 11.9. The van der Waals surface area contributed by atoms with Crippen LogP contribution in [0, 0.1) is 5.41 Å². The van der Waals surface area contributed by atoms with E-state index in [1.54, 1.807) is 13.8 Å². The zero-order valence-electron chi connectivity index (χ0n) is 15.0. The van der Waals surface area contributed by atoms with Gasteiger partial charge in [-0.05, 0) is 58.8 Å². The maximum atomic E-state index is 11.9. The SMILES string of the molecule is C.CC1(C)OC(=O)[C@H](CC23CC(B4OC(C)(C)C(C)(C)O4)(C2)C3)O1. The van der Waals surface area contributed by atoms with Crippen molar-refractivity contribution < 1.29 is 23.6 Å². The summed E-state index contributed by atoms with van der Waals surface area (Å²) in [6, 6.07) is 0. The van der Waals surface area contributed by atoms with E-state index >= 15 is 0 Å². The first kappa shape index (κ1) is 18.2. The number of cyclic esters (lactones) is 1. The van der Waals surface area contributed by atoms with Gasteiger partial charge in [-0.1, -0.05) is 7.43 Å². The zero-order chi connectivity index (χ0) is 16.9. The highest BCUT2D eigenvalue weighted by atomic mass is 16.8. The lowest BCUT2D eigenvalue weighted by atomic mass is 9.23. The maximum Gasteiger partial charge on any atom is 0.464 e. The van der Waals surface area contributed by atoms with E-state index in [1.807, 2.05) is 0 Å². The van der Waals surface area contributed by atoms with Crippen LogP contribution in [0.3, 0.4) is 0 Å². The summed E-state index contributed by atoms with van der Waals surface area (Å²) in [6.07, 6.45) is 3.52. The lowest BCUT2D eigenvalue weighted by Crippen LogP contribution is -2.65. The topological polar surface area (TPSA) is 54.0 Å². The second-order valence-electron chi connectivity index (χ2n) is 9.61. The van der Waals surface area contributed by atoms with E-state index in [1.165, 1.54) is 0 Å². The minimum atomic E-state index is -0.783. The lowest BCUT2D eigenvalue weighted by Gasteiger charge is -2.71. The molecule has 0 aromatic rings. The van der Waals surface area contributed by atoms with Crippen molar-refractivity contribution in [1.29, 1.82) is 0 Å². The summed E-state index contributed by atoms with van der Waals surface area (Å²) in [4.78, 5) is 11.9. The molecule has 0 radical (unpaired) electrons. The highest BCUT2D eigenvalue weighted by Gasteiger charge is 2.76. The Morgan fingerprint density at radius 1 is 1.00 bits per heavy atom. The first-order chi connectivity index (χ1) is 10.4. The third-order valence-corrected chi connectivity index (χ3v) is 6.59. The largest absolute Gasteiger partial charge is 0.464 e. The Labute approximate surface area is 145 Å². The first-order valence-corrected chi connectivity index (χ1v) is 8.64. The summed E-state index contributed by atoms with van der Waals surface area (Å²) in [7, 11) is -0.123. The van der Waals surface area contributed by atoms with Gasteiger partial charge >= 0.3 is 13.1 Å². The molecule has 0 amide bonds. The number of carbonyl (C=O) groups is 1. The summed E-state index contributed by atoms with van der Waals surface area (Å²) < 4.78 is 23.5. The van der Waals surface area contributed by atoms with Crippen molar-refractivity contribution in [3.05, 3.63) is 0 Å². The molecule has 0 spiro atoms. The third kappa shape index (κ3) is 2.37. The van der Waals surface area contributed by atoms with Gasteiger partial charge in [0.15, 0.2) is 6.10 Å². The monoisotopic (exact) mass is 338 g/mol. The first-order valence-electron chi connectivity index (χ1n) is 8.64. The van der Waals surface area contributed by atoms with Crippen molar-refractivity contribution in [2.24, 2.45) is 5.41 Å². The molecule has 5 aliphatic rings. The van der Waals surface area contributed by atoms with E-state index in [4.69, 9.17) is 18.8 Å². The molecular formula is C18H31BO5. The lowest BCUT2D eigenvalue weighted by molar-refractivity contribution is -0.169. The van der Waals surface area contributed by atoms with Gasteiger partial charge in [0.25, 0.3) is 0 Å². The molecule has 5 nitrogen and oxygen atoms in total. The summed E-state index contributed by atoms with van der Waals surface area (Å²) in [5, 5.41) is 0.142. The Kier molecular flexibility index (Phi) is 3.62. The second kappa shape index (κ2) is 4.77. The number of hydrogen-bond donors (Lipinski definition) is 0. The Balaban J connectivity index is 0.00000169. The molecule has 5 fully saturated rings. The molecule has 6 heteroatoms. The van der Waals surface area contributed by atoms with Crippen molar-refractivity contribution in [3.63, 3.8) is 0 Å². The van der Waals surface area contributed by atoms with Gasteiger partial charge < -0.3 is 18.8 Å². The molecule has 3 saturated carbocycles. The van der Waals surface area contributed by atoms with Crippen LogP contribution in [0.25, 0.3) is 0 Å².